The van der Waals surface area contributed by atoms with Gasteiger partial charge in [0.2, 0.25) is 0 Å². The molecule has 1 fully saturated rings. The number of benzene rings is 2. The SMILES string of the molecule is Clc1cccc(OCc2nc3c(CCCC4CCCNC4)cccc3[nH]2)c1. The van der Waals surface area contributed by atoms with Crippen molar-refractivity contribution in [3.05, 3.63) is 58.9 Å². The summed E-state index contributed by atoms with van der Waals surface area (Å²) < 4.78 is 5.82. The number of hydrogen-bond donors (Lipinski definition) is 2. The lowest BCUT2D eigenvalue weighted by Crippen LogP contribution is -2.29. The first-order chi connectivity index (χ1) is 13.3. The first kappa shape index (κ1) is 18.3. The molecule has 4 rings (SSSR count). The normalized spacial score (nSPS) is 17.3. The molecule has 1 unspecified atom stereocenters. The second-order valence-corrected chi connectivity index (χ2v) is 7.78. The molecule has 1 atom stereocenters. The van der Waals surface area contributed by atoms with Crippen molar-refractivity contribution in [1.82, 2.24) is 15.3 Å². The quantitative estimate of drug-likeness (QED) is 0.595. The third-order valence-corrected chi connectivity index (χ3v) is 5.51. The number of aryl methyl sites for hydroxylation is 1. The van der Waals surface area contributed by atoms with Gasteiger partial charge in [-0.1, -0.05) is 29.8 Å². The summed E-state index contributed by atoms with van der Waals surface area (Å²) in [5.74, 6) is 2.43. The van der Waals surface area contributed by atoms with Crippen molar-refractivity contribution in [2.45, 2.75) is 38.7 Å². The summed E-state index contributed by atoms with van der Waals surface area (Å²) >= 11 is 6.01. The van der Waals surface area contributed by atoms with Crippen LogP contribution in [0.1, 0.15) is 37.1 Å². The lowest BCUT2D eigenvalue weighted by atomic mass is 9.93. The summed E-state index contributed by atoms with van der Waals surface area (Å²) in [4.78, 5) is 8.17. The number of piperidine rings is 1. The molecule has 2 N–H and O–H groups in total. The molecule has 2 heterocycles. The van der Waals surface area contributed by atoms with E-state index in [0.29, 0.717) is 11.6 Å². The van der Waals surface area contributed by atoms with Crippen molar-refractivity contribution in [2.75, 3.05) is 13.1 Å². The Labute approximate surface area is 165 Å². The van der Waals surface area contributed by atoms with Crippen LogP contribution >= 0.6 is 11.6 Å². The molecule has 0 saturated carbocycles. The molecular weight excluding hydrogens is 358 g/mol. The zero-order valence-electron chi connectivity index (χ0n) is 15.5. The van der Waals surface area contributed by atoms with Crippen LogP contribution in [0.15, 0.2) is 42.5 Å². The molecular formula is C22H26ClN3O. The van der Waals surface area contributed by atoms with Crippen LogP contribution in [0.2, 0.25) is 5.02 Å². The van der Waals surface area contributed by atoms with Gasteiger partial charge in [0.15, 0.2) is 0 Å². The fourth-order valence-electron chi connectivity index (χ4n) is 3.87. The number of aromatic amines is 1. The van der Waals surface area contributed by atoms with Gasteiger partial charge in [-0.3, -0.25) is 0 Å². The number of hydrogen-bond acceptors (Lipinski definition) is 3. The van der Waals surface area contributed by atoms with Crippen molar-refractivity contribution in [2.24, 2.45) is 5.92 Å². The highest BCUT2D eigenvalue weighted by Crippen LogP contribution is 2.23. The number of nitrogens with one attached hydrogen (secondary N) is 2. The minimum Gasteiger partial charge on any atom is -0.486 e. The van der Waals surface area contributed by atoms with Crippen molar-refractivity contribution >= 4 is 22.6 Å². The number of nitrogens with zero attached hydrogens (tertiary/aromatic N) is 1. The van der Waals surface area contributed by atoms with Gasteiger partial charge in [0.25, 0.3) is 0 Å². The van der Waals surface area contributed by atoms with E-state index in [1.165, 1.54) is 44.3 Å². The fraction of sp³-hybridized carbons (Fsp3) is 0.409. The molecule has 0 amide bonds. The number of fused-ring (bicyclic) bond motifs is 1. The van der Waals surface area contributed by atoms with Crippen molar-refractivity contribution in [3.63, 3.8) is 0 Å². The largest absolute Gasteiger partial charge is 0.486 e. The zero-order valence-corrected chi connectivity index (χ0v) is 16.3. The molecule has 2 aromatic carbocycles. The Morgan fingerprint density at radius 2 is 2.11 bits per heavy atom. The first-order valence-electron chi connectivity index (χ1n) is 9.83. The topological polar surface area (TPSA) is 49.9 Å². The molecule has 0 radical (unpaired) electrons. The van der Waals surface area contributed by atoms with Crippen LogP contribution in [-0.4, -0.2) is 23.1 Å². The Hall–Kier alpha value is -2.04. The van der Waals surface area contributed by atoms with E-state index in [1.54, 1.807) is 0 Å². The predicted octanol–water partition coefficient (Wildman–Crippen LogP) is 5.12. The van der Waals surface area contributed by atoms with Gasteiger partial charge in [0.1, 0.15) is 18.2 Å². The second kappa shape index (κ2) is 8.77. The van der Waals surface area contributed by atoms with Crippen LogP contribution in [-0.2, 0) is 13.0 Å². The van der Waals surface area contributed by atoms with Crippen LogP contribution in [0, 0.1) is 5.92 Å². The molecule has 142 valence electrons. The van der Waals surface area contributed by atoms with E-state index in [4.69, 9.17) is 21.3 Å². The van der Waals surface area contributed by atoms with E-state index >= 15 is 0 Å². The third-order valence-electron chi connectivity index (χ3n) is 5.27. The van der Waals surface area contributed by atoms with Gasteiger partial charge in [-0.2, -0.15) is 0 Å². The molecule has 0 spiro atoms. The Morgan fingerprint density at radius 1 is 1.19 bits per heavy atom. The molecule has 0 bridgehead atoms. The molecule has 27 heavy (non-hydrogen) atoms. The van der Waals surface area contributed by atoms with E-state index in [1.807, 2.05) is 24.3 Å². The molecule has 1 aliphatic rings. The van der Waals surface area contributed by atoms with Crippen LogP contribution in [0.5, 0.6) is 5.75 Å². The monoisotopic (exact) mass is 383 g/mol. The van der Waals surface area contributed by atoms with Crippen LogP contribution < -0.4 is 10.1 Å². The maximum absolute atomic E-state index is 6.01. The first-order valence-corrected chi connectivity index (χ1v) is 10.2. The highest BCUT2D eigenvalue weighted by molar-refractivity contribution is 6.30. The van der Waals surface area contributed by atoms with Crippen molar-refractivity contribution in [1.29, 1.82) is 0 Å². The average molecular weight is 384 g/mol. The maximum atomic E-state index is 6.01. The number of para-hydroxylation sites is 1. The highest BCUT2D eigenvalue weighted by atomic mass is 35.5. The molecule has 4 nitrogen and oxygen atoms in total. The molecule has 3 aromatic rings. The Morgan fingerprint density at radius 3 is 2.96 bits per heavy atom. The number of halogens is 1. The van der Waals surface area contributed by atoms with E-state index in [0.717, 1.165) is 34.9 Å². The summed E-state index contributed by atoms with van der Waals surface area (Å²) in [5, 5.41) is 4.18. The number of rotatable bonds is 7. The lowest BCUT2D eigenvalue weighted by molar-refractivity contribution is 0.297. The Kier molecular flexibility index (Phi) is 5.95. The summed E-state index contributed by atoms with van der Waals surface area (Å²) in [6, 6.07) is 13.8. The molecule has 0 aliphatic carbocycles. The van der Waals surface area contributed by atoms with E-state index in [9.17, 15) is 0 Å². The van der Waals surface area contributed by atoms with E-state index < -0.39 is 0 Å². The smallest absolute Gasteiger partial charge is 0.146 e. The molecule has 1 aromatic heterocycles. The van der Waals surface area contributed by atoms with Crippen LogP contribution in [0.4, 0.5) is 0 Å². The maximum Gasteiger partial charge on any atom is 0.146 e. The van der Waals surface area contributed by atoms with Gasteiger partial charge in [-0.05, 0) is 80.9 Å². The molecule has 1 saturated heterocycles. The van der Waals surface area contributed by atoms with Crippen LogP contribution in [0.3, 0.4) is 0 Å². The second-order valence-electron chi connectivity index (χ2n) is 7.35. The van der Waals surface area contributed by atoms with Gasteiger partial charge >= 0.3 is 0 Å². The Balaban J connectivity index is 1.39. The van der Waals surface area contributed by atoms with Gasteiger partial charge < -0.3 is 15.0 Å². The Bertz CT molecular complexity index is 886. The van der Waals surface area contributed by atoms with Gasteiger partial charge in [-0.15, -0.1) is 0 Å². The minimum atomic E-state index is 0.405. The number of H-pyrrole nitrogens is 1. The van der Waals surface area contributed by atoms with Crippen LogP contribution in [0.25, 0.3) is 11.0 Å². The molecule has 1 aliphatic heterocycles. The zero-order chi connectivity index (χ0) is 18.5. The number of aromatic nitrogens is 2. The van der Waals surface area contributed by atoms with Gasteiger partial charge in [0, 0.05) is 5.02 Å². The summed E-state index contributed by atoms with van der Waals surface area (Å²) in [7, 11) is 0. The minimum absolute atomic E-state index is 0.405. The summed E-state index contributed by atoms with van der Waals surface area (Å²) in [6.45, 7) is 2.77. The van der Waals surface area contributed by atoms with Gasteiger partial charge in [0.05, 0.1) is 11.0 Å². The fourth-order valence-corrected chi connectivity index (χ4v) is 4.05. The predicted molar refractivity (Wildman–Crippen MR) is 110 cm³/mol. The highest BCUT2D eigenvalue weighted by Gasteiger charge is 2.13. The van der Waals surface area contributed by atoms with Crippen molar-refractivity contribution < 1.29 is 4.74 Å². The average Bonchev–Trinajstić information content (AvgIpc) is 3.11. The summed E-state index contributed by atoms with van der Waals surface area (Å²) in [5.41, 5.74) is 3.47. The van der Waals surface area contributed by atoms with E-state index in [-0.39, 0.29) is 0 Å². The number of ether oxygens (including phenoxy) is 1. The summed E-state index contributed by atoms with van der Waals surface area (Å²) in [6.07, 6.45) is 6.26. The third kappa shape index (κ3) is 4.82. The lowest BCUT2D eigenvalue weighted by Gasteiger charge is -2.22. The molecule has 5 heteroatoms. The van der Waals surface area contributed by atoms with E-state index in [2.05, 4.69) is 28.5 Å². The van der Waals surface area contributed by atoms with Gasteiger partial charge in [-0.25, -0.2) is 4.98 Å². The standard InChI is InChI=1S/C22H26ClN3O/c23-18-9-3-10-19(13-18)27-15-21-25-20-11-2-8-17(22(20)26-21)7-1-5-16-6-4-12-24-14-16/h2-3,8-11,13,16,24H,1,4-7,12,14-15H2,(H,25,26). The number of imidazole rings is 1. The van der Waals surface area contributed by atoms with Crippen molar-refractivity contribution in [3.8, 4) is 5.75 Å².